The first-order valence-corrected chi connectivity index (χ1v) is 11.6. The van der Waals surface area contributed by atoms with Crippen LogP contribution < -0.4 is 10.2 Å². The van der Waals surface area contributed by atoms with Gasteiger partial charge in [0, 0.05) is 31.0 Å². The van der Waals surface area contributed by atoms with Crippen molar-refractivity contribution in [3.8, 4) is 11.4 Å². The van der Waals surface area contributed by atoms with E-state index in [0.29, 0.717) is 28.4 Å². The maximum absolute atomic E-state index is 14.8. The largest absolute Gasteiger partial charge is 0.478 e. The number of nitrogens with one attached hydrogen (secondary N) is 1. The van der Waals surface area contributed by atoms with E-state index in [1.807, 2.05) is 48.3 Å². The Morgan fingerprint density at radius 1 is 1.05 bits per heavy atom. The summed E-state index contributed by atoms with van der Waals surface area (Å²) in [4.78, 5) is 31.4. The van der Waals surface area contributed by atoms with Crippen molar-refractivity contribution in [3.05, 3.63) is 101 Å². The molecule has 0 aliphatic rings. The molecule has 0 fully saturated rings. The lowest BCUT2D eigenvalue weighted by Gasteiger charge is -2.19. The van der Waals surface area contributed by atoms with Crippen molar-refractivity contribution >= 4 is 45.9 Å². The monoisotopic (exact) mass is 514 g/mol. The number of carboxylic acid groups (broad SMARTS) is 1. The van der Waals surface area contributed by atoms with Gasteiger partial charge in [-0.15, -0.1) is 0 Å². The molecule has 3 aromatic heterocycles. The average Bonchev–Trinajstić information content (AvgIpc) is 2.90. The first kappa shape index (κ1) is 24.1. The highest BCUT2D eigenvalue weighted by molar-refractivity contribution is 6.30. The van der Waals surface area contributed by atoms with Gasteiger partial charge >= 0.3 is 5.97 Å². The summed E-state index contributed by atoms with van der Waals surface area (Å²) in [7, 11) is 1.91. The quantitative estimate of drug-likeness (QED) is 0.274. The molecule has 0 saturated carbocycles. The van der Waals surface area contributed by atoms with Crippen LogP contribution in [0.4, 0.5) is 21.7 Å². The van der Waals surface area contributed by atoms with Gasteiger partial charge in [0.1, 0.15) is 23.0 Å². The molecular weight excluding hydrogens is 495 g/mol. The van der Waals surface area contributed by atoms with E-state index in [2.05, 4.69) is 20.3 Å². The van der Waals surface area contributed by atoms with Crippen molar-refractivity contribution in [2.75, 3.05) is 17.3 Å². The van der Waals surface area contributed by atoms with E-state index in [9.17, 15) is 14.3 Å². The van der Waals surface area contributed by atoms with Crippen molar-refractivity contribution in [1.29, 1.82) is 0 Å². The number of nitrogens with zero attached hydrogens (tertiary/aromatic N) is 5. The van der Waals surface area contributed by atoms with Crippen molar-refractivity contribution in [3.63, 3.8) is 0 Å². The van der Waals surface area contributed by atoms with Crippen LogP contribution in [0.5, 0.6) is 0 Å². The van der Waals surface area contributed by atoms with Crippen LogP contribution >= 0.6 is 11.6 Å². The van der Waals surface area contributed by atoms with Crippen molar-refractivity contribution in [2.24, 2.45) is 0 Å². The fraction of sp³-hybridized carbons (Fsp3) is 0.0741. The van der Waals surface area contributed by atoms with E-state index in [1.54, 1.807) is 6.07 Å². The summed E-state index contributed by atoms with van der Waals surface area (Å²) in [5, 5.41) is 13.5. The summed E-state index contributed by atoms with van der Waals surface area (Å²) in [6, 6.07) is 19.2. The molecule has 0 spiro atoms. The van der Waals surface area contributed by atoms with Gasteiger partial charge in [-0.1, -0.05) is 41.9 Å². The third-order valence-corrected chi connectivity index (χ3v) is 5.91. The van der Waals surface area contributed by atoms with Crippen LogP contribution in [0, 0.1) is 5.82 Å². The number of rotatable bonds is 7. The fourth-order valence-electron chi connectivity index (χ4n) is 3.84. The lowest BCUT2D eigenvalue weighted by molar-refractivity contribution is 0.0697. The Labute approximate surface area is 216 Å². The Hall–Kier alpha value is -4.63. The number of carbonyl (C=O) groups is 1. The Kier molecular flexibility index (Phi) is 6.61. The number of hydrogen-bond acceptors (Lipinski definition) is 7. The molecule has 5 rings (SSSR count). The fourth-order valence-corrected chi connectivity index (χ4v) is 4.01. The summed E-state index contributed by atoms with van der Waals surface area (Å²) in [6.07, 6.45) is 2.70. The van der Waals surface area contributed by atoms with Gasteiger partial charge in [-0.3, -0.25) is 4.98 Å². The molecule has 0 bridgehead atoms. The smallest absolute Gasteiger partial charge is 0.339 e. The molecule has 0 aliphatic carbocycles. The Morgan fingerprint density at radius 3 is 2.65 bits per heavy atom. The van der Waals surface area contributed by atoms with Crippen LogP contribution in [0.25, 0.3) is 22.4 Å². The Balaban J connectivity index is 1.64. The van der Waals surface area contributed by atoms with Gasteiger partial charge in [0.05, 0.1) is 16.6 Å². The van der Waals surface area contributed by atoms with Crippen LogP contribution in [0.1, 0.15) is 15.9 Å². The molecule has 10 heteroatoms. The Morgan fingerprint density at radius 2 is 1.86 bits per heavy atom. The van der Waals surface area contributed by atoms with Crippen LogP contribution in [0.15, 0.2) is 79.1 Å². The van der Waals surface area contributed by atoms with E-state index < -0.39 is 11.8 Å². The van der Waals surface area contributed by atoms with E-state index in [4.69, 9.17) is 16.6 Å². The molecule has 5 aromatic rings. The highest BCUT2D eigenvalue weighted by Crippen LogP contribution is 2.31. The topological polar surface area (TPSA) is 104 Å². The van der Waals surface area contributed by atoms with E-state index in [0.717, 1.165) is 5.56 Å². The number of pyridine rings is 2. The minimum Gasteiger partial charge on any atom is -0.478 e. The predicted octanol–water partition coefficient (Wildman–Crippen LogP) is 5.96. The molecule has 3 heterocycles. The van der Waals surface area contributed by atoms with Gasteiger partial charge in [-0.25, -0.2) is 24.1 Å². The van der Waals surface area contributed by atoms with E-state index in [1.165, 1.54) is 36.7 Å². The first-order chi connectivity index (χ1) is 17.9. The summed E-state index contributed by atoms with van der Waals surface area (Å²) in [5.74, 6) is -0.747. The van der Waals surface area contributed by atoms with Gasteiger partial charge in [0.2, 0.25) is 0 Å². The molecule has 0 radical (unpaired) electrons. The van der Waals surface area contributed by atoms with Crippen molar-refractivity contribution in [1.82, 2.24) is 19.9 Å². The summed E-state index contributed by atoms with van der Waals surface area (Å²) >= 11 is 6.12. The number of benzene rings is 2. The van der Waals surface area contributed by atoms with Gasteiger partial charge in [0.15, 0.2) is 11.5 Å². The Bertz CT molecular complexity index is 1620. The second kappa shape index (κ2) is 10.2. The maximum atomic E-state index is 14.8. The molecule has 0 saturated heterocycles. The van der Waals surface area contributed by atoms with E-state index in [-0.39, 0.29) is 28.5 Å². The standard InChI is InChI=1S/C27H20ClFN6O2/c1-35(15-16-5-3-2-4-6-16)23-10-8-18-24(31-22-11-12-30-14-20(22)27(36)37)33-26(34-25(18)32-23)19-13-17(28)7-9-21(19)29/h2-14H,15H2,1H3,(H,36,37)(H,30,31,32,33,34). The minimum atomic E-state index is -1.15. The van der Waals surface area contributed by atoms with Crippen molar-refractivity contribution in [2.45, 2.75) is 6.54 Å². The number of hydrogen-bond donors (Lipinski definition) is 2. The molecule has 0 atom stereocenters. The summed E-state index contributed by atoms with van der Waals surface area (Å²) in [6.45, 7) is 0.615. The molecule has 2 aromatic carbocycles. The molecule has 0 aliphatic heterocycles. The number of halogens is 2. The predicted molar refractivity (Wildman–Crippen MR) is 141 cm³/mol. The SMILES string of the molecule is CN(Cc1ccccc1)c1ccc2c(Nc3ccncc3C(=O)O)nc(-c3cc(Cl)ccc3F)nc2n1. The highest BCUT2D eigenvalue weighted by Gasteiger charge is 2.18. The number of aromatic nitrogens is 4. The number of aromatic carboxylic acids is 1. The lowest BCUT2D eigenvalue weighted by Crippen LogP contribution is -2.17. The van der Waals surface area contributed by atoms with Gasteiger partial charge in [0.25, 0.3) is 0 Å². The molecule has 8 nitrogen and oxygen atoms in total. The zero-order valence-electron chi connectivity index (χ0n) is 19.6. The van der Waals surface area contributed by atoms with Gasteiger partial charge < -0.3 is 15.3 Å². The third-order valence-electron chi connectivity index (χ3n) is 5.67. The van der Waals surface area contributed by atoms with Crippen LogP contribution in [-0.2, 0) is 6.54 Å². The normalized spacial score (nSPS) is 10.9. The van der Waals surface area contributed by atoms with Gasteiger partial charge in [-0.2, -0.15) is 0 Å². The van der Waals surface area contributed by atoms with E-state index >= 15 is 0 Å². The maximum Gasteiger partial charge on any atom is 0.339 e. The molecule has 0 amide bonds. The molecule has 0 unspecified atom stereocenters. The minimum absolute atomic E-state index is 0.0445. The van der Waals surface area contributed by atoms with Gasteiger partial charge in [-0.05, 0) is 42.0 Å². The first-order valence-electron chi connectivity index (χ1n) is 11.2. The molecular formula is C27H20ClFN6O2. The third kappa shape index (κ3) is 5.17. The molecule has 37 heavy (non-hydrogen) atoms. The second-order valence-corrected chi connectivity index (χ2v) is 8.69. The molecule has 184 valence electrons. The van der Waals surface area contributed by atoms with Crippen molar-refractivity contribution < 1.29 is 14.3 Å². The summed E-state index contributed by atoms with van der Waals surface area (Å²) < 4.78 is 14.8. The average molecular weight is 515 g/mol. The second-order valence-electron chi connectivity index (χ2n) is 8.25. The number of fused-ring (bicyclic) bond motifs is 1. The highest BCUT2D eigenvalue weighted by atomic mass is 35.5. The van der Waals surface area contributed by atoms with Crippen LogP contribution in [0.3, 0.4) is 0 Å². The zero-order valence-corrected chi connectivity index (χ0v) is 20.3. The zero-order chi connectivity index (χ0) is 25.9. The van der Waals surface area contributed by atoms with Crippen LogP contribution in [-0.4, -0.2) is 38.1 Å². The van der Waals surface area contributed by atoms with Crippen LogP contribution in [0.2, 0.25) is 5.02 Å². The molecule has 2 N–H and O–H groups in total. The lowest BCUT2D eigenvalue weighted by atomic mass is 10.2. The number of carboxylic acids is 1. The number of anilines is 3. The summed E-state index contributed by atoms with van der Waals surface area (Å²) in [5.41, 5.74) is 1.73.